The smallest absolute Gasteiger partial charge is 0.272 e. The molecule has 1 saturated heterocycles. The topological polar surface area (TPSA) is 42.4 Å². The molecule has 2 unspecified atom stereocenters. The van der Waals surface area contributed by atoms with Gasteiger partial charge in [0.2, 0.25) is 5.95 Å². The summed E-state index contributed by atoms with van der Waals surface area (Å²) in [5.41, 5.74) is 0.144. The van der Waals surface area contributed by atoms with Gasteiger partial charge in [-0.15, -0.1) is 0 Å². The van der Waals surface area contributed by atoms with E-state index >= 15 is 0 Å². The highest BCUT2D eigenvalue weighted by molar-refractivity contribution is 5.92. The predicted octanol–water partition coefficient (Wildman–Crippen LogP) is 1.47. The Kier molecular flexibility index (Phi) is 3.38. The second-order valence-corrected chi connectivity index (χ2v) is 4.30. The Morgan fingerprint density at radius 2 is 2.29 bits per heavy atom. The fraction of sp³-hybridized carbons (Fsp3) is 0.500. The molecule has 1 fully saturated rings. The molecule has 0 N–H and O–H groups in total. The van der Waals surface area contributed by atoms with E-state index < -0.39 is 5.95 Å². The molecule has 0 aromatic carbocycles. The van der Waals surface area contributed by atoms with Gasteiger partial charge in [-0.3, -0.25) is 4.79 Å². The normalized spacial score (nSPS) is 24.8. The molecule has 0 bridgehead atoms. The summed E-state index contributed by atoms with van der Waals surface area (Å²) in [6, 6.07) is 4.23. The summed E-state index contributed by atoms with van der Waals surface area (Å²) < 4.78 is 18.4. The van der Waals surface area contributed by atoms with Crippen LogP contribution in [0.4, 0.5) is 4.39 Å². The Morgan fingerprint density at radius 3 is 3.00 bits per heavy atom. The van der Waals surface area contributed by atoms with Crippen molar-refractivity contribution in [3.8, 4) is 0 Å². The Morgan fingerprint density at radius 1 is 1.53 bits per heavy atom. The molecule has 2 rings (SSSR count). The molecule has 5 heteroatoms. The van der Waals surface area contributed by atoms with Crippen LogP contribution in [0, 0.1) is 5.95 Å². The second kappa shape index (κ2) is 4.79. The maximum Gasteiger partial charge on any atom is 0.272 e. The lowest BCUT2D eigenvalue weighted by Gasteiger charge is -2.36. The van der Waals surface area contributed by atoms with Gasteiger partial charge in [-0.2, -0.15) is 4.39 Å². The van der Waals surface area contributed by atoms with Gasteiger partial charge in [0.15, 0.2) is 0 Å². The fourth-order valence-electron chi connectivity index (χ4n) is 1.86. The number of morpholine rings is 1. The summed E-state index contributed by atoms with van der Waals surface area (Å²) in [7, 11) is 0. The summed E-state index contributed by atoms with van der Waals surface area (Å²) in [6.45, 7) is 4.83. The van der Waals surface area contributed by atoms with Crippen molar-refractivity contribution < 1.29 is 13.9 Å². The number of ether oxygens (including phenoxy) is 1. The van der Waals surface area contributed by atoms with Crippen LogP contribution in [0.2, 0.25) is 0 Å². The van der Waals surface area contributed by atoms with Crippen LogP contribution in [-0.4, -0.2) is 41.1 Å². The number of aromatic nitrogens is 1. The standard InChI is InChI=1S/C12H15FN2O2/c1-8-7-17-9(2)6-15(8)12(16)10-4-3-5-11(13)14-10/h3-5,8-9H,6-7H2,1-2H3. The van der Waals surface area contributed by atoms with Crippen molar-refractivity contribution in [1.82, 2.24) is 9.88 Å². The third-order valence-corrected chi connectivity index (χ3v) is 2.80. The first kappa shape index (κ1) is 12.0. The molecule has 2 heterocycles. The number of pyridine rings is 1. The Bertz CT molecular complexity index is 425. The van der Waals surface area contributed by atoms with Gasteiger partial charge in [-0.1, -0.05) is 6.07 Å². The third-order valence-electron chi connectivity index (χ3n) is 2.80. The van der Waals surface area contributed by atoms with Gasteiger partial charge >= 0.3 is 0 Å². The van der Waals surface area contributed by atoms with Crippen molar-refractivity contribution in [3.63, 3.8) is 0 Å². The SMILES string of the molecule is CC1CN(C(=O)c2cccc(F)n2)C(C)CO1. The first-order valence-corrected chi connectivity index (χ1v) is 5.63. The Hall–Kier alpha value is -1.49. The number of hydrogen-bond acceptors (Lipinski definition) is 3. The van der Waals surface area contributed by atoms with Crippen LogP contribution in [0.1, 0.15) is 24.3 Å². The highest BCUT2D eigenvalue weighted by Crippen LogP contribution is 2.14. The van der Waals surface area contributed by atoms with Crippen molar-refractivity contribution in [2.24, 2.45) is 0 Å². The zero-order chi connectivity index (χ0) is 12.4. The second-order valence-electron chi connectivity index (χ2n) is 4.30. The first-order valence-electron chi connectivity index (χ1n) is 5.63. The van der Waals surface area contributed by atoms with Gasteiger partial charge in [0.1, 0.15) is 5.69 Å². The van der Waals surface area contributed by atoms with E-state index in [9.17, 15) is 9.18 Å². The van der Waals surface area contributed by atoms with Crippen LogP contribution in [0.3, 0.4) is 0 Å². The van der Waals surface area contributed by atoms with E-state index in [0.29, 0.717) is 13.2 Å². The summed E-state index contributed by atoms with van der Waals surface area (Å²) in [6.07, 6.45) is 0.00343. The molecule has 1 aromatic rings. The van der Waals surface area contributed by atoms with E-state index in [0.717, 1.165) is 0 Å². The molecule has 0 saturated carbocycles. The average Bonchev–Trinajstić information content (AvgIpc) is 2.31. The predicted molar refractivity (Wildman–Crippen MR) is 60.1 cm³/mol. The van der Waals surface area contributed by atoms with E-state index in [1.807, 2.05) is 13.8 Å². The number of carbonyl (C=O) groups excluding carboxylic acids is 1. The summed E-state index contributed by atoms with van der Waals surface area (Å²) in [5, 5.41) is 0. The van der Waals surface area contributed by atoms with Crippen LogP contribution in [0.15, 0.2) is 18.2 Å². The lowest BCUT2D eigenvalue weighted by Crippen LogP contribution is -2.50. The lowest BCUT2D eigenvalue weighted by atomic mass is 10.2. The number of halogens is 1. The molecular weight excluding hydrogens is 223 g/mol. The van der Waals surface area contributed by atoms with Crippen LogP contribution in [-0.2, 0) is 4.74 Å². The Labute approximate surface area is 99.4 Å². The quantitative estimate of drug-likeness (QED) is 0.696. The van der Waals surface area contributed by atoms with E-state index in [1.165, 1.54) is 18.2 Å². The molecule has 92 valence electrons. The van der Waals surface area contributed by atoms with Gasteiger partial charge in [0.25, 0.3) is 5.91 Å². The lowest BCUT2D eigenvalue weighted by molar-refractivity contribution is -0.0389. The van der Waals surface area contributed by atoms with Crippen molar-refractivity contribution >= 4 is 5.91 Å². The molecule has 17 heavy (non-hydrogen) atoms. The van der Waals surface area contributed by atoms with Crippen LogP contribution in [0.25, 0.3) is 0 Å². The molecule has 4 nitrogen and oxygen atoms in total. The van der Waals surface area contributed by atoms with Crippen LogP contribution in [0.5, 0.6) is 0 Å². The van der Waals surface area contributed by atoms with Crippen LogP contribution >= 0.6 is 0 Å². The van der Waals surface area contributed by atoms with Crippen molar-refractivity contribution in [2.75, 3.05) is 13.2 Å². The zero-order valence-corrected chi connectivity index (χ0v) is 9.89. The molecule has 1 aromatic heterocycles. The zero-order valence-electron chi connectivity index (χ0n) is 9.89. The van der Waals surface area contributed by atoms with Gasteiger partial charge < -0.3 is 9.64 Å². The molecule has 1 aliphatic rings. The van der Waals surface area contributed by atoms with Crippen LogP contribution < -0.4 is 0 Å². The summed E-state index contributed by atoms with van der Waals surface area (Å²) in [4.78, 5) is 17.4. The average molecular weight is 238 g/mol. The van der Waals surface area contributed by atoms with E-state index in [-0.39, 0.29) is 23.7 Å². The van der Waals surface area contributed by atoms with E-state index in [4.69, 9.17) is 4.74 Å². The molecular formula is C12H15FN2O2. The first-order chi connectivity index (χ1) is 8.08. The van der Waals surface area contributed by atoms with E-state index in [1.54, 1.807) is 4.90 Å². The molecule has 1 amide bonds. The number of amides is 1. The minimum Gasteiger partial charge on any atom is -0.375 e. The molecule has 0 spiro atoms. The highest BCUT2D eigenvalue weighted by Gasteiger charge is 2.28. The minimum absolute atomic E-state index is 0.00343. The Balaban J connectivity index is 2.18. The van der Waals surface area contributed by atoms with Crippen molar-refractivity contribution in [1.29, 1.82) is 0 Å². The number of nitrogens with zero attached hydrogens (tertiary/aromatic N) is 2. The molecule has 0 aliphatic carbocycles. The van der Waals surface area contributed by atoms with Gasteiger partial charge in [-0.25, -0.2) is 4.98 Å². The molecule has 2 atom stereocenters. The maximum absolute atomic E-state index is 13.0. The largest absolute Gasteiger partial charge is 0.375 e. The van der Waals surface area contributed by atoms with Gasteiger partial charge in [-0.05, 0) is 26.0 Å². The number of hydrogen-bond donors (Lipinski definition) is 0. The summed E-state index contributed by atoms with van der Waals surface area (Å²) in [5.74, 6) is -0.878. The van der Waals surface area contributed by atoms with Crippen molar-refractivity contribution in [3.05, 3.63) is 29.8 Å². The van der Waals surface area contributed by atoms with Crippen molar-refractivity contribution in [2.45, 2.75) is 26.0 Å². The molecule has 1 aliphatic heterocycles. The summed E-state index contributed by atoms with van der Waals surface area (Å²) >= 11 is 0. The minimum atomic E-state index is -0.634. The van der Waals surface area contributed by atoms with Gasteiger partial charge in [0, 0.05) is 6.54 Å². The number of rotatable bonds is 1. The third kappa shape index (κ3) is 2.61. The highest BCUT2D eigenvalue weighted by atomic mass is 19.1. The fourth-order valence-corrected chi connectivity index (χ4v) is 1.86. The van der Waals surface area contributed by atoms with E-state index in [2.05, 4.69) is 4.98 Å². The monoisotopic (exact) mass is 238 g/mol. The number of carbonyl (C=O) groups is 1. The maximum atomic E-state index is 13.0. The molecule has 0 radical (unpaired) electrons. The van der Waals surface area contributed by atoms with Gasteiger partial charge in [0.05, 0.1) is 18.8 Å².